The predicted molar refractivity (Wildman–Crippen MR) is 136 cm³/mol. The molecule has 2 N–H and O–H groups in total. The van der Waals surface area contributed by atoms with E-state index < -0.39 is 23.7 Å². The van der Waals surface area contributed by atoms with Crippen LogP contribution in [-0.4, -0.2) is 64.9 Å². The van der Waals surface area contributed by atoms with Crippen LogP contribution in [0.15, 0.2) is 54.1 Å². The molecule has 4 fully saturated rings. The number of fused-ring (bicyclic) bond motifs is 7. The summed E-state index contributed by atoms with van der Waals surface area (Å²) in [6.07, 6.45) is 7.73. The smallest absolute Gasteiger partial charge is 0.192 e. The van der Waals surface area contributed by atoms with Crippen molar-refractivity contribution >= 4 is 11.6 Å². The number of hydrogen-bond acceptors (Lipinski definition) is 7. The zero-order chi connectivity index (χ0) is 26.0. The fourth-order valence-electron chi connectivity index (χ4n) is 8.98. The van der Waals surface area contributed by atoms with Gasteiger partial charge in [-0.05, 0) is 61.8 Å². The molecule has 3 saturated carbocycles. The molecule has 0 aromatic heterocycles. The van der Waals surface area contributed by atoms with Crippen molar-refractivity contribution in [2.45, 2.75) is 51.2 Å². The Morgan fingerprint density at radius 3 is 2.78 bits per heavy atom. The Kier molecular flexibility index (Phi) is 5.99. The summed E-state index contributed by atoms with van der Waals surface area (Å²) in [6, 6.07) is 9.61. The van der Waals surface area contributed by atoms with Crippen LogP contribution in [0.5, 0.6) is 5.75 Å². The highest BCUT2D eigenvalue weighted by molar-refractivity contribution is 6.01. The molecule has 1 aromatic rings. The first-order chi connectivity index (χ1) is 17.7. The van der Waals surface area contributed by atoms with Gasteiger partial charge in [-0.2, -0.15) is 5.06 Å². The van der Waals surface area contributed by atoms with Gasteiger partial charge in [0.05, 0.1) is 12.6 Å². The van der Waals surface area contributed by atoms with Gasteiger partial charge in [-0.1, -0.05) is 43.7 Å². The van der Waals surface area contributed by atoms with Crippen molar-refractivity contribution in [3.8, 4) is 5.75 Å². The second kappa shape index (κ2) is 8.87. The van der Waals surface area contributed by atoms with E-state index in [4.69, 9.17) is 9.57 Å². The Morgan fingerprint density at radius 2 is 2.03 bits per heavy atom. The van der Waals surface area contributed by atoms with Crippen LogP contribution in [0.3, 0.4) is 0 Å². The van der Waals surface area contributed by atoms with Gasteiger partial charge >= 0.3 is 0 Å². The Morgan fingerprint density at radius 1 is 1.24 bits per heavy atom. The number of ether oxygens (including phenoxy) is 1. The van der Waals surface area contributed by atoms with E-state index in [2.05, 4.69) is 13.8 Å². The molecule has 0 radical (unpaired) electrons. The maximum absolute atomic E-state index is 13.5. The van der Waals surface area contributed by atoms with Crippen molar-refractivity contribution in [3.05, 3.63) is 54.1 Å². The normalized spacial score (nSPS) is 42.4. The molecule has 0 amide bonds. The standard InChI is InChI=1S/C30H37NO6/c1-28-11-10-21(33)14-19(28)8-9-23-24-15-20-17-31(12-13-36-22-6-4-3-5-7-22)37-30(20,26(35)18-32)29(24,2)16-25(34)27(23)28/h3-7,10-11,14,20,23-25,27,32,34H,8-9,12-13,15-18H2,1-2H3/t20-,23-,24-,25-,27+,28-,29-,30-/m0/s1. The van der Waals surface area contributed by atoms with Gasteiger partial charge in [-0.15, -0.1) is 0 Å². The number of carbonyl (C=O) groups excluding carboxylic acids is 2. The van der Waals surface area contributed by atoms with E-state index in [0.29, 0.717) is 26.1 Å². The maximum atomic E-state index is 13.5. The molecule has 1 saturated heterocycles. The predicted octanol–water partition coefficient (Wildman–Crippen LogP) is 3.12. The number of rotatable bonds is 6. The molecule has 0 unspecified atom stereocenters. The molecular weight excluding hydrogens is 470 g/mol. The van der Waals surface area contributed by atoms with Crippen molar-refractivity contribution < 1.29 is 29.4 Å². The summed E-state index contributed by atoms with van der Waals surface area (Å²) < 4.78 is 5.87. The molecule has 8 atom stereocenters. The highest BCUT2D eigenvalue weighted by Crippen LogP contribution is 2.70. The first kappa shape index (κ1) is 25.0. The third-order valence-corrected chi connectivity index (χ3v) is 10.5. The second-order valence-electron chi connectivity index (χ2n) is 12.1. The molecule has 37 heavy (non-hydrogen) atoms. The van der Waals surface area contributed by atoms with Gasteiger partial charge in [-0.3, -0.25) is 14.4 Å². The number of benzene rings is 1. The number of Topliss-reactive ketones (excluding diaryl/α,β-unsaturated/α-hetero) is 1. The van der Waals surface area contributed by atoms with Gasteiger partial charge in [0.1, 0.15) is 19.0 Å². The molecule has 7 nitrogen and oxygen atoms in total. The zero-order valence-electron chi connectivity index (χ0n) is 21.6. The van der Waals surface area contributed by atoms with E-state index in [9.17, 15) is 19.8 Å². The summed E-state index contributed by atoms with van der Waals surface area (Å²) >= 11 is 0. The molecule has 0 bridgehead atoms. The minimum Gasteiger partial charge on any atom is -0.492 e. The average molecular weight is 508 g/mol. The number of carbonyl (C=O) groups is 2. The van der Waals surface area contributed by atoms with Crippen molar-refractivity contribution in [2.24, 2.45) is 34.5 Å². The summed E-state index contributed by atoms with van der Waals surface area (Å²) in [7, 11) is 0. The van der Waals surface area contributed by atoms with E-state index in [1.807, 2.05) is 41.5 Å². The topological polar surface area (TPSA) is 96.3 Å². The van der Waals surface area contributed by atoms with Gasteiger partial charge in [0, 0.05) is 29.2 Å². The summed E-state index contributed by atoms with van der Waals surface area (Å²) in [5.74, 6) is 0.853. The minimum absolute atomic E-state index is 0.00888. The molecule has 5 aliphatic rings. The van der Waals surface area contributed by atoms with Gasteiger partial charge in [0.15, 0.2) is 17.2 Å². The Bertz CT molecular complexity index is 1150. The molecule has 7 heteroatoms. The van der Waals surface area contributed by atoms with Crippen LogP contribution < -0.4 is 4.74 Å². The van der Waals surface area contributed by atoms with Crippen molar-refractivity contribution in [2.75, 3.05) is 26.3 Å². The zero-order valence-corrected chi connectivity index (χ0v) is 21.6. The van der Waals surface area contributed by atoms with Crippen LogP contribution in [-0.2, 0) is 14.4 Å². The first-order valence-corrected chi connectivity index (χ1v) is 13.6. The number of ketones is 2. The number of hydroxylamine groups is 2. The highest BCUT2D eigenvalue weighted by Gasteiger charge is 2.75. The highest BCUT2D eigenvalue weighted by atomic mass is 16.7. The van der Waals surface area contributed by atoms with Crippen molar-refractivity contribution in [1.29, 1.82) is 0 Å². The van der Waals surface area contributed by atoms with E-state index in [-0.39, 0.29) is 40.7 Å². The van der Waals surface area contributed by atoms with Gasteiger partial charge in [0.2, 0.25) is 0 Å². The largest absolute Gasteiger partial charge is 0.492 e. The fourth-order valence-corrected chi connectivity index (χ4v) is 8.98. The van der Waals surface area contributed by atoms with E-state index >= 15 is 0 Å². The monoisotopic (exact) mass is 507 g/mol. The van der Waals surface area contributed by atoms with Crippen molar-refractivity contribution in [1.82, 2.24) is 5.06 Å². The molecule has 6 rings (SSSR count). The molecular formula is C30H37NO6. The number of nitrogens with zero attached hydrogens (tertiary/aromatic N) is 1. The maximum Gasteiger partial charge on any atom is 0.192 e. The Hall–Kier alpha value is -2.32. The third kappa shape index (κ3) is 3.54. The van der Waals surface area contributed by atoms with Crippen LogP contribution in [0.25, 0.3) is 0 Å². The number of aliphatic hydroxyl groups is 2. The summed E-state index contributed by atoms with van der Waals surface area (Å²) in [5, 5.41) is 23.6. The lowest BCUT2D eigenvalue weighted by Gasteiger charge is -2.59. The Labute approximate surface area is 218 Å². The molecule has 0 spiro atoms. The van der Waals surface area contributed by atoms with Crippen LogP contribution in [0.2, 0.25) is 0 Å². The molecule has 198 valence electrons. The molecule has 1 heterocycles. The van der Waals surface area contributed by atoms with Gasteiger partial charge in [-0.25, -0.2) is 0 Å². The second-order valence-corrected chi connectivity index (χ2v) is 12.1. The lowest BCUT2D eigenvalue weighted by Crippen LogP contribution is -2.63. The Balaban J connectivity index is 1.27. The third-order valence-electron chi connectivity index (χ3n) is 10.5. The number of allylic oxidation sites excluding steroid dienone is 4. The first-order valence-electron chi connectivity index (χ1n) is 13.6. The van der Waals surface area contributed by atoms with Gasteiger partial charge < -0.3 is 14.9 Å². The molecule has 1 aromatic carbocycles. The average Bonchev–Trinajstić information content (AvgIpc) is 3.36. The van der Waals surface area contributed by atoms with E-state index in [0.717, 1.165) is 30.6 Å². The SMILES string of the molecule is C[C@]12C=CC(=O)C=C1CC[C@@H]1[C@@H]2[C@@H](O)C[C@@]2(C)[C@H]1C[C@H]1CN(CCOc3ccccc3)O[C@]12C(=O)CO. The van der Waals surface area contributed by atoms with Crippen LogP contribution in [0.1, 0.15) is 39.5 Å². The van der Waals surface area contributed by atoms with E-state index in [1.165, 1.54) is 0 Å². The number of hydrogen-bond donors (Lipinski definition) is 2. The fraction of sp³-hybridized carbons (Fsp3) is 0.600. The van der Waals surface area contributed by atoms with E-state index in [1.54, 1.807) is 12.2 Å². The van der Waals surface area contributed by atoms with Crippen LogP contribution >= 0.6 is 0 Å². The minimum atomic E-state index is -1.15. The lowest BCUT2D eigenvalue weighted by atomic mass is 9.46. The number of aliphatic hydroxyl groups excluding tert-OH is 2. The molecule has 4 aliphatic carbocycles. The summed E-state index contributed by atoms with van der Waals surface area (Å²) in [4.78, 5) is 32.2. The lowest BCUT2D eigenvalue weighted by molar-refractivity contribution is -0.252. The summed E-state index contributed by atoms with van der Waals surface area (Å²) in [5.41, 5.74) is -0.992. The van der Waals surface area contributed by atoms with Gasteiger partial charge in [0.25, 0.3) is 0 Å². The van der Waals surface area contributed by atoms with Crippen molar-refractivity contribution in [3.63, 3.8) is 0 Å². The summed E-state index contributed by atoms with van der Waals surface area (Å²) in [6.45, 7) is 5.20. The molecule has 1 aliphatic heterocycles. The number of para-hydroxylation sites is 1. The quantitative estimate of drug-likeness (QED) is 0.611. The van der Waals surface area contributed by atoms with Crippen LogP contribution in [0, 0.1) is 34.5 Å². The van der Waals surface area contributed by atoms with Crippen LogP contribution in [0.4, 0.5) is 0 Å².